The second-order valence-corrected chi connectivity index (χ2v) is 10.2. The second kappa shape index (κ2) is 7.75. The van der Waals surface area contributed by atoms with Crippen LogP contribution in [0.1, 0.15) is 46.2 Å². The minimum absolute atomic E-state index is 0.256. The Bertz CT molecular complexity index is 968. The van der Waals surface area contributed by atoms with Gasteiger partial charge in [0.2, 0.25) is 0 Å². The van der Waals surface area contributed by atoms with Crippen LogP contribution in [-0.2, 0) is 12.0 Å². The molecule has 0 radical (unpaired) electrons. The van der Waals surface area contributed by atoms with Crippen LogP contribution in [-0.4, -0.2) is 24.0 Å². The molecule has 150 valence electrons. The van der Waals surface area contributed by atoms with Gasteiger partial charge in [0, 0.05) is 33.6 Å². The lowest BCUT2D eigenvalue weighted by Crippen LogP contribution is -2.35. The predicted molar refractivity (Wildman–Crippen MR) is 127 cm³/mol. The highest BCUT2D eigenvalue weighted by atomic mass is 32.1. The lowest BCUT2D eigenvalue weighted by molar-refractivity contribution is 0.272. The molecule has 2 nitrogen and oxygen atoms in total. The number of hydrogen-bond donors (Lipinski definition) is 1. The van der Waals surface area contributed by atoms with Gasteiger partial charge in [-0.05, 0) is 85.8 Å². The number of nitrogens with one attached hydrogen (secondary N) is 1. The highest BCUT2D eigenvalue weighted by molar-refractivity contribution is 7.12. The number of anilines is 1. The van der Waals surface area contributed by atoms with Crippen LogP contribution in [0.2, 0.25) is 0 Å². The molecule has 0 bridgehead atoms. The van der Waals surface area contributed by atoms with E-state index in [1.54, 1.807) is 0 Å². The summed E-state index contributed by atoms with van der Waals surface area (Å²) in [7, 11) is 0. The van der Waals surface area contributed by atoms with E-state index in [1.165, 1.54) is 58.1 Å². The van der Waals surface area contributed by atoms with Gasteiger partial charge in [-0.1, -0.05) is 24.3 Å². The summed E-state index contributed by atoms with van der Waals surface area (Å²) in [6.07, 6.45) is 8.56. The summed E-state index contributed by atoms with van der Waals surface area (Å²) < 4.78 is 0. The molecule has 0 spiro atoms. The van der Waals surface area contributed by atoms with Gasteiger partial charge in [-0.15, -0.1) is 22.7 Å². The molecule has 5 rings (SSSR count). The van der Waals surface area contributed by atoms with E-state index >= 15 is 0 Å². The van der Waals surface area contributed by atoms with Crippen molar-refractivity contribution in [1.29, 1.82) is 0 Å². The van der Waals surface area contributed by atoms with Crippen LogP contribution >= 0.6 is 22.7 Å². The molecule has 1 fully saturated rings. The van der Waals surface area contributed by atoms with Crippen molar-refractivity contribution in [2.75, 3.05) is 18.4 Å². The SMILES string of the molecule is Cc1c(CCN2CCC[C@H]2C)ccc2c1C=CC(c1cccs1)(c1cccs1)N2. The molecule has 4 heteroatoms. The third kappa shape index (κ3) is 3.37. The Balaban J connectivity index is 1.46. The molecule has 1 aromatic carbocycles. The van der Waals surface area contributed by atoms with Crippen LogP contribution < -0.4 is 5.32 Å². The summed E-state index contributed by atoms with van der Waals surface area (Å²) in [6.45, 7) is 7.09. The van der Waals surface area contributed by atoms with Gasteiger partial charge in [0.25, 0.3) is 0 Å². The fourth-order valence-electron chi connectivity index (χ4n) is 4.83. The third-order valence-corrected chi connectivity index (χ3v) is 8.65. The van der Waals surface area contributed by atoms with Crippen molar-refractivity contribution in [2.45, 2.75) is 44.7 Å². The fraction of sp³-hybridized carbons (Fsp3) is 0.360. The molecule has 1 N–H and O–H groups in total. The Labute approximate surface area is 181 Å². The molecule has 2 aliphatic rings. The lowest BCUT2D eigenvalue weighted by Gasteiger charge is -2.36. The summed E-state index contributed by atoms with van der Waals surface area (Å²) in [5, 5.41) is 8.25. The number of fused-ring (bicyclic) bond motifs is 1. The van der Waals surface area contributed by atoms with Crippen molar-refractivity contribution >= 4 is 34.4 Å². The van der Waals surface area contributed by atoms with Gasteiger partial charge in [-0.25, -0.2) is 0 Å². The van der Waals surface area contributed by atoms with E-state index in [9.17, 15) is 0 Å². The first-order valence-corrected chi connectivity index (χ1v) is 12.4. The first-order valence-electron chi connectivity index (χ1n) is 10.6. The predicted octanol–water partition coefficient (Wildman–Crippen LogP) is 6.53. The van der Waals surface area contributed by atoms with Crippen LogP contribution in [0.4, 0.5) is 5.69 Å². The van der Waals surface area contributed by atoms with E-state index in [0.29, 0.717) is 0 Å². The second-order valence-electron chi connectivity index (χ2n) is 8.31. The van der Waals surface area contributed by atoms with Gasteiger partial charge in [-0.2, -0.15) is 0 Å². The molecule has 0 amide bonds. The zero-order valence-electron chi connectivity index (χ0n) is 17.2. The summed E-state index contributed by atoms with van der Waals surface area (Å²) in [6, 6.07) is 14.2. The van der Waals surface area contributed by atoms with Crippen LogP contribution in [0, 0.1) is 6.92 Å². The maximum absolute atomic E-state index is 3.91. The molecule has 0 aliphatic carbocycles. The number of benzene rings is 1. The Morgan fingerprint density at radius 1 is 1.10 bits per heavy atom. The first kappa shape index (κ1) is 19.1. The van der Waals surface area contributed by atoms with Crippen molar-refractivity contribution < 1.29 is 0 Å². The third-order valence-electron chi connectivity index (χ3n) is 6.64. The average molecular weight is 421 g/mol. The first-order chi connectivity index (χ1) is 14.2. The van der Waals surface area contributed by atoms with E-state index in [4.69, 9.17) is 0 Å². The highest BCUT2D eigenvalue weighted by Crippen LogP contribution is 2.44. The number of rotatable bonds is 5. The highest BCUT2D eigenvalue weighted by Gasteiger charge is 2.36. The van der Waals surface area contributed by atoms with E-state index < -0.39 is 0 Å². The van der Waals surface area contributed by atoms with E-state index in [-0.39, 0.29) is 5.54 Å². The molecule has 4 heterocycles. The Morgan fingerprint density at radius 3 is 2.48 bits per heavy atom. The Kier molecular flexibility index (Phi) is 5.10. The maximum Gasteiger partial charge on any atom is 0.126 e. The Hall–Kier alpha value is -1.88. The summed E-state index contributed by atoms with van der Waals surface area (Å²) in [5.74, 6) is 0. The molecule has 0 unspecified atom stereocenters. The van der Waals surface area contributed by atoms with Crippen molar-refractivity contribution in [3.05, 3.63) is 79.7 Å². The summed E-state index contributed by atoms with van der Waals surface area (Å²) in [4.78, 5) is 5.32. The van der Waals surface area contributed by atoms with Crippen LogP contribution in [0.3, 0.4) is 0 Å². The zero-order chi connectivity index (χ0) is 19.8. The van der Waals surface area contributed by atoms with Gasteiger partial charge < -0.3 is 10.2 Å². The van der Waals surface area contributed by atoms with Gasteiger partial charge in [0.1, 0.15) is 5.54 Å². The molecule has 3 aromatic rings. The van der Waals surface area contributed by atoms with Crippen LogP contribution in [0.15, 0.2) is 53.2 Å². The van der Waals surface area contributed by atoms with Crippen LogP contribution in [0.5, 0.6) is 0 Å². The molecule has 1 atom stereocenters. The number of thiophene rings is 2. The molecule has 0 saturated carbocycles. The van der Waals surface area contributed by atoms with Crippen molar-refractivity contribution in [1.82, 2.24) is 4.90 Å². The molecule has 2 aliphatic heterocycles. The normalized spacial score (nSPS) is 20.6. The van der Waals surface area contributed by atoms with Gasteiger partial charge in [-0.3, -0.25) is 0 Å². The van der Waals surface area contributed by atoms with Gasteiger partial charge >= 0.3 is 0 Å². The standard InChI is InChI=1S/C25H28N2S2/c1-18-6-3-14-27(18)15-12-20-9-10-22-21(19(20)2)11-13-25(26-22,23-7-4-16-28-23)24-8-5-17-29-24/h4-5,7-11,13,16-18,26H,3,6,12,14-15H2,1-2H3/t18-/m1/s1. The monoisotopic (exact) mass is 420 g/mol. The quantitative estimate of drug-likeness (QED) is 0.505. The number of hydrogen-bond acceptors (Lipinski definition) is 4. The van der Waals surface area contributed by atoms with Crippen molar-refractivity contribution in [3.63, 3.8) is 0 Å². The smallest absolute Gasteiger partial charge is 0.126 e. The van der Waals surface area contributed by atoms with Crippen molar-refractivity contribution in [2.24, 2.45) is 0 Å². The summed E-state index contributed by atoms with van der Waals surface area (Å²) in [5.41, 5.74) is 5.23. The molecule has 1 saturated heterocycles. The number of nitrogens with zero attached hydrogens (tertiary/aromatic N) is 1. The molecule has 2 aromatic heterocycles. The Morgan fingerprint density at radius 2 is 1.86 bits per heavy atom. The van der Waals surface area contributed by atoms with E-state index in [1.807, 2.05) is 22.7 Å². The van der Waals surface area contributed by atoms with Crippen LogP contribution in [0.25, 0.3) is 6.08 Å². The minimum Gasteiger partial charge on any atom is -0.367 e. The minimum atomic E-state index is -0.256. The van der Waals surface area contributed by atoms with Gasteiger partial charge in [0.15, 0.2) is 0 Å². The average Bonchev–Trinajstić information content (AvgIpc) is 3.50. The zero-order valence-corrected chi connectivity index (χ0v) is 18.8. The van der Waals surface area contributed by atoms with Gasteiger partial charge in [0.05, 0.1) is 0 Å². The van der Waals surface area contributed by atoms with Crippen molar-refractivity contribution in [3.8, 4) is 0 Å². The largest absolute Gasteiger partial charge is 0.367 e. The van der Waals surface area contributed by atoms with E-state index in [2.05, 4.69) is 83.4 Å². The lowest BCUT2D eigenvalue weighted by atomic mass is 9.87. The summed E-state index contributed by atoms with van der Waals surface area (Å²) >= 11 is 3.64. The molecular formula is C25H28N2S2. The molecule has 29 heavy (non-hydrogen) atoms. The topological polar surface area (TPSA) is 15.3 Å². The maximum atomic E-state index is 3.91. The molecular weight excluding hydrogens is 392 g/mol. The fourth-order valence-corrected chi connectivity index (χ4v) is 6.65. The number of likely N-dealkylation sites (tertiary alicyclic amines) is 1. The van der Waals surface area contributed by atoms with E-state index in [0.717, 1.165) is 12.5 Å².